The second-order valence-electron chi connectivity index (χ2n) is 12.3. The van der Waals surface area contributed by atoms with Crippen LogP contribution in [0.25, 0.3) is 0 Å². The summed E-state index contributed by atoms with van der Waals surface area (Å²) in [7, 11) is 1.38. The van der Waals surface area contributed by atoms with Crippen LogP contribution in [-0.4, -0.2) is 84.4 Å². The highest BCUT2D eigenvalue weighted by Gasteiger charge is 2.47. The van der Waals surface area contributed by atoms with Gasteiger partial charge in [-0.15, -0.1) is 0 Å². The van der Waals surface area contributed by atoms with E-state index in [9.17, 15) is 36.6 Å². The van der Waals surface area contributed by atoms with Gasteiger partial charge < -0.3 is 19.9 Å². The van der Waals surface area contributed by atoms with Gasteiger partial charge in [-0.3, -0.25) is 19.5 Å². The summed E-state index contributed by atoms with van der Waals surface area (Å²) in [6, 6.07) is 2.53. The Morgan fingerprint density at radius 2 is 1.71 bits per heavy atom. The first-order valence-corrected chi connectivity index (χ1v) is 15.8. The zero-order valence-electron chi connectivity index (χ0n) is 26.4. The molecule has 2 aliphatic rings. The highest BCUT2D eigenvalue weighted by atomic mass is 127. The molecule has 17 heteroatoms. The summed E-state index contributed by atoms with van der Waals surface area (Å²) in [5.74, 6) is -6.34. The van der Waals surface area contributed by atoms with Gasteiger partial charge >= 0.3 is 10.1 Å². The van der Waals surface area contributed by atoms with Gasteiger partial charge in [-0.05, 0) is 29.7 Å². The Labute approximate surface area is 285 Å². The molecular formula is C31H34F7IN4O5. The van der Waals surface area contributed by atoms with Gasteiger partial charge in [0.1, 0.15) is 17.9 Å². The first-order chi connectivity index (χ1) is 22.2. The molecule has 2 aromatic rings. The quantitative estimate of drug-likeness (QED) is 0.135. The number of morpholine rings is 1. The predicted octanol–water partition coefficient (Wildman–Crippen LogP) is 6.23. The van der Waals surface area contributed by atoms with E-state index in [0.29, 0.717) is 67.6 Å². The Hall–Kier alpha value is -3.16. The highest BCUT2D eigenvalue weighted by Crippen LogP contribution is 2.43. The number of hydrogen-bond donors (Lipinski definition) is 2. The molecule has 4 rings (SSSR count). The number of rotatable bonds is 9. The second-order valence-corrected chi connectivity index (χ2v) is 13.7. The number of ether oxygens (including phenoxy) is 2. The van der Waals surface area contributed by atoms with E-state index in [-0.39, 0.29) is 24.0 Å². The van der Waals surface area contributed by atoms with Gasteiger partial charge in [0.05, 0.1) is 42.6 Å². The predicted molar refractivity (Wildman–Crippen MR) is 168 cm³/mol. The SMILES string of the molecule is CN1C(C(C)(C)C)C(O)=C(C(=O)Nc2ccc(C(F)(F)F)cc2C(F)(F)I)C(=O)N1Cc1ccc(OCCN2CCOCC2)c(F)c1F. The molecule has 0 saturated carbocycles. The van der Waals surface area contributed by atoms with Crippen molar-refractivity contribution < 1.29 is 54.9 Å². The average Bonchev–Trinajstić information content (AvgIpc) is 2.97. The van der Waals surface area contributed by atoms with E-state index >= 15 is 8.78 Å². The maximum atomic E-state index is 15.3. The molecule has 1 unspecified atom stereocenters. The Kier molecular flexibility index (Phi) is 11.3. The van der Waals surface area contributed by atoms with Gasteiger partial charge in [-0.25, -0.2) is 9.40 Å². The van der Waals surface area contributed by atoms with Crippen LogP contribution in [-0.2, 0) is 31.0 Å². The van der Waals surface area contributed by atoms with E-state index < -0.39 is 79.7 Å². The lowest BCUT2D eigenvalue weighted by Gasteiger charge is -2.46. The number of anilines is 1. The van der Waals surface area contributed by atoms with Crippen molar-refractivity contribution in [2.75, 3.05) is 51.8 Å². The molecule has 0 aromatic heterocycles. The maximum absolute atomic E-state index is 15.3. The summed E-state index contributed by atoms with van der Waals surface area (Å²) in [5, 5.41) is 15.3. The van der Waals surface area contributed by atoms with Gasteiger partial charge in [0.25, 0.3) is 11.8 Å². The van der Waals surface area contributed by atoms with E-state index in [1.165, 1.54) is 24.2 Å². The lowest BCUT2D eigenvalue weighted by Crippen LogP contribution is -2.59. The number of hydrogen-bond acceptors (Lipinski definition) is 7. The largest absolute Gasteiger partial charge is 0.509 e. The minimum atomic E-state index is -4.97. The standard InChI is InChI=1S/C31H34F7IN4O5/c1-29(2,3)26-25(44)22(27(45)40-20-7-6-18(30(34,35)36)15-19(20)31(37,38)39)28(46)43(41(26)4)16-17-5-8-21(24(33)23(17)32)48-14-11-42-9-12-47-13-10-42/h5-8,15,26,44H,9-14,16H2,1-4H3,(H,40,45). The van der Waals surface area contributed by atoms with Crippen LogP contribution in [0.2, 0.25) is 0 Å². The lowest BCUT2D eigenvalue weighted by molar-refractivity contribution is -0.158. The molecule has 9 nitrogen and oxygen atoms in total. The number of hydrazine groups is 1. The third kappa shape index (κ3) is 8.34. The van der Waals surface area contributed by atoms with Gasteiger partial charge in [0.15, 0.2) is 11.6 Å². The highest BCUT2D eigenvalue weighted by molar-refractivity contribution is 14.1. The van der Waals surface area contributed by atoms with Gasteiger partial charge in [0.2, 0.25) is 5.82 Å². The van der Waals surface area contributed by atoms with Crippen molar-refractivity contribution in [2.24, 2.45) is 5.41 Å². The van der Waals surface area contributed by atoms with Crippen molar-refractivity contribution in [1.29, 1.82) is 0 Å². The van der Waals surface area contributed by atoms with E-state index in [2.05, 4.69) is 0 Å². The molecule has 2 aliphatic heterocycles. The number of benzene rings is 2. The molecule has 48 heavy (non-hydrogen) atoms. The molecule has 1 atom stereocenters. The van der Waals surface area contributed by atoms with E-state index in [1.807, 2.05) is 10.2 Å². The molecule has 2 amide bonds. The molecule has 2 aromatic carbocycles. The smallest absolute Gasteiger partial charge is 0.416 e. The fourth-order valence-electron chi connectivity index (χ4n) is 5.53. The molecule has 1 fully saturated rings. The number of halogens is 8. The summed E-state index contributed by atoms with van der Waals surface area (Å²) in [4.78, 5) is 29.3. The fraction of sp³-hybridized carbons (Fsp3) is 0.484. The number of likely N-dealkylation sites (N-methyl/N-ethyl adjacent to an activating group) is 1. The number of alkyl halides is 6. The average molecular weight is 803 g/mol. The van der Waals surface area contributed by atoms with E-state index in [1.54, 1.807) is 20.8 Å². The molecule has 0 radical (unpaired) electrons. The zero-order chi connectivity index (χ0) is 35.8. The number of amides is 2. The van der Waals surface area contributed by atoms with Crippen molar-refractivity contribution in [1.82, 2.24) is 14.9 Å². The third-order valence-corrected chi connectivity index (χ3v) is 8.46. The molecule has 2 heterocycles. The van der Waals surface area contributed by atoms with Crippen LogP contribution in [0, 0.1) is 17.0 Å². The van der Waals surface area contributed by atoms with Crippen LogP contribution in [0.1, 0.15) is 37.5 Å². The topological polar surface area (TPSA) is 94.6 Å². The summed E-state index contributed by atoms with van der Waals surface area (Å²) >= 11 is 0.603. The van der Waals surface area contributed by atoms with Crippen LogP contribution in [0.5, 0.6) is 5.75 Å². The van der Waals surface area contributed by atoms with Crippen LogP contribution < -0.4 is 10.1 Å². The summed E-state index contributed by atoms with van der Waals surface area (Å²) in [6.07, 6.45) is -4.97. The van der Waals surface area contributed by atoms with Gasteiger partial charge in [0, 0.05) is 54.8 Å². The van der Waals surface area contributed by atoms with Crippen LogP contribution in [0.3, 0.4) is 0 Å². The molecule has 0 spiro atoms. The number of nitrogens with one attached hydrogen (secondary N) is 1. The number of carbonyl (C=O) groups is 2. The number of nitrogens with zero attached hydrogens (tertiary/aromatic N) is 3. The maximum Gasteiger partial charge on any atom is 0.416 e. The van der Waals surface area contributed by atoms with Crippen LogP contribution in [0.15, 0.2) is 41.7 Å². The first-order valence-electron chi connectivity index (χ1n) is 14.7. The van der Waals surface area contributed by atoms with Crippen molar-refractivity contribution in [3.05, 3.63) is 70.0 Å². The van der Waals surface area contributed by atoms with Crippen molar-refractivity contribution >= 4 is 40.1 Å². The minimum Gasteiger partial charge on any atom is -0.509 e. The number of carbonyl (C=O) groups excluding carboxylic acids is 2. The normalized spacial score (nSPS) is 18.8. The number of aliphatic hydroxyl groups excluding tert-OH is 1. The molecule has 2 N–H and O–H groups in total. The minimum absolute atomic E-state index is 0.0724. The second kappa shape index (κ2) is 14.4. The first kappa shape index (κ1) is 37.7. The molecule has 0 aliphatic carbocycles. The third-order valence-electron chi connectivity index (χ3n) is 7.88. The molecule has 1 saturated heterocycles. The van der Waals surface area contributed by atoms with Crippen LogP contribution in [0.4, 0.5) is 36.4 Å². The number of aliphatic hydroxyl groups is 1. The Balaban J connectivity index is 1.63. The van der Waals surface area contributed by atoms with Crippen molar-refractivity contribution in [2.45, 2.75) is 43.5 Å². The summed E-state index contributed by atoms with van der Waals surface area (Å²) in [6.45, 7) is 7.32. The molecule has 264 valence electrons. The fourth-order valence-corrected chi connectivity index (χ4v) is 5.97. The molecular weight excluding hydrogens is 768 g/mol. The lowest BCUT2D eigenvalue weighted by atomic mass is 9.82. The van der Waals surface area contributed by atoms with E-state index in [4.69, 9.17) is 9.47 Å². The Bertz CT molecular complexity index is 1570. The summed E-state index contributed by atoms with van der Waals surface area (Å²) < 4.78 is 106. The van der Waals surface area contributed by atoms with Crippen molar-refractivity contribution in [3.63, 3.8) is 0 Å². The Morgan fingerprint density at radius 3 is 2.29 bits per heavy atom. The van der Waals surface area contributed by atoms with Crippen molar-refractivity contribution in [3.8, 4) is 5.75 Å². The Morgan fingerprint density at radius 1 is 1.06 bits per heavy atom. The van der Waals surface area contributed by atoms with Crippen LogP contribution >= 0.6 is 22.6 Å². The van der Waals surface area contributed by atoms with Gasteiger partial charge in [-0.1, -0.05) is 26.8 Å². The van der Waals surface area contributed by atoms with Gasteiger partial charge in [-0.2, -0.15) is 26.3 Å². The molecule has 0 bridgehead atoms. The summed E-state index contributed by atoms with van der Waals surface area (Å²) in [5.41, 5.74) is -5.46. The zero-order valence-corrected chi connectivity index (χ0v) is 28.5. The van der Waals surface area contributed by atoms with E-state index in [0.717, 1.165) is 5.01 Å². The monoisotopic (exact) mass is 802 g/mol.